The number of amides is 1. The van der Waals surface area contributed by atoms with E-state index in [-0.39, 0.29) is 5.91 Å². The van der Waals surface area contributed by atoms with Gasteiger partial charge in [-0.25, -0.2) is 4.68 Å². The number of aryl methyl sites for hydroxylation is 2. The molecule has 1 saturated carbocycles. The van der Waals surface area contributed by atoms with Crippen LogP contribution in [0.25, 0.3) is 5.69 Å². The number of benzene rings is 3. The number of ether oxygens (including phenoxy) is 2. The normalized spacial score (nSPS) is 12.9. The molecule has 0 N–H and O–H groups in total. The molecule has 6 heteroatoms. The van der Waals surface area contributed by atoms with Gasteiger partial charge >= 0.3 is 0 Å². The zero-order valence-corrected chi connectivity index (χ0v) is 21.0. The number of aromatic nitrogens is 2. The molecule has 0 spiro atoms. The molecule has 36 heavy (non-hydrogen) atoms. The molecule has 1 aliphatic rings. The topological polar surface area (TPSA) is 56.6 Å². The fourth-order valence-corrected chi connectivity index (χ4v) is 4.32. The first-order valence-corrected chi connectivity index (χ1v) is 12.3. The second-order valence-corrected chi connectivity index (χ2v) is 9.40. The van der Waals surface area contributed by atoms with E-state index in [0.717, 1.165) is 41.1 Å². The maximum Gasteiger partial charge on any atom is 0.254 e. The summed E-state index contributed by atoms with van der Waals surface area (Å²) in [7, 11) is 1.61. The highest BCUT2D eigenvalue weighted by Gasteiger charge is 2.30. The Morgan fingerprint density at radius 3 is 2.44 bits per heavy atom. The standard InChI is InChI=1S/C30H31N3O3/c1-21-9-7-14-27(17-21)36-30-28(22(2)31-33(30)25-11-5-4-6-12-25)20-32(19-23-15-16-23)29(34)24-10-8-13-26(18-24)35-3/h4-14,17-18,23H,15-16,19-20H2,1-3H3. The smallest absolute Gasteiger partial charge is 0.254 e. The third-order valence-electron chi connectivity index (χ3n) is 6.47. The number of carbonyl (C=O) groups excluding carboxylic acids is 1. The quantitative estimate of drug-likeness (QED) is 0.280. The Morgan fingerprint density at radius 2 is 1.72 bits per heavy atom. The van der Waals surface area contributed by atoms with Crippen LogP contribution in [0.5, 0.6) is 17.4 Å². The van der Waals surface area contributed by atoms with Crippen LogP contribution in [0.15, 0.2) is 78.9 Å². The molecule has 3 aromatic carbocycles. The molecule has 1 heterocycles. The molecule has 6 nitrogen and oxygen atoms in total. The molecule has 1 aromatic heterocycles. The lowest BCUT2D eigenvalue weighted by atomic mass is 10.1. The van der Waals surface area contributed by atoms with E-state index in [4.69, 9.17) is 14.6 Å². The number of rotatable bonds is 9. The molecule has 1 amide bonds. The molecular formula is C30H31N3O3. The van der Waals surface area contributed by atoms with Gasteiger partial charge in [-0.15, -0.1) is 0 Å². The third kappa shape index (κ3) is 5.28. The molecular weight excluding hydrogens is 450 g/mol. The summed E-state index contributed by atoms with van der Waals surface area (Å²) in [4.78, 5) is 15.6. The van der Waals surface area contributed by atoms with Crippen molar-refractivity contribution in [3.63, 3.8) is 0 Å². The lowest BCUT2D eigenvalue weighted by molar-refractivity contribution is 0.0733. The number of nitrogens with zero attached hydrogens (tertiary/aromatic N) is 3. The SMILES string of the molecule is COc1cccc(C(=O)N(Cc2c(C)nn(-c3ccccc3)c2Oc2cccc(C)c2)CC2CC2)c1. The van der Waals surface area contributed by atoms with Gasteiger partial charge in [0.1, 0.15) is 11.5 Å². The first-order chi connectivity index (χ1) is 17.5. The van der Waals surface area contributed by atoms with Crippen LogP contribution in [0.1, 0.15) is 40.0 Å². The lowest BCUT2D eigenvalue weighted by Gasteiger charge is -2.23. The van der Waals surface area contributed by atoms with Crippen LogP contribution in [0, 0.1) is 19.8 Å². The molecule has 0 unspecified atom stereocenters. The molecule has 184 valence electrons. The van der Waals surface area contributed by atoms with Crippen molar-refractivity contribution in [3.05, 3.63) is 101 Å². The van der Waals surface area contributed by atoms with E-state index in [1.165, 1.54) is 0 Å². The minimum atomic E-state index is -0.0193. The highest BCUT2D eigenvalue weighted by molar-refractivity contribution is 5.94. The average Bonchev–Trinajstić information content (AvgIpc) is 3.67. The van der Waals surface area contributed by atoms with E-state index in [9.17, 15) is 4.79 Å². The molecule has 0 atom stereocenters. The fourth-order valence-electron chi connectivity index (χ4n) is 4.32. The van der Waals surface area contributed by atoms with E-state index in [2.05, 4.69) is 0 Å². The van der Waals surface area contributed by atoms with Crippen molar-refractivity contribution in [1.29, 1.82) is 0 Å². The van der Waals surface area contributed by atoms with Crippen molar-refractivity contribution in [1.82, 2.24) is 14.7 Å². The van der Waals surface area contributed by atoms with Gasteiger partial charge in [0.25, 0.3) is 5.91 Å². The van der Waals surface area contributed by atoms with Crippen LogP contribution in [-0.2, 0) is 6.54 Å². The number of para-hydroxylation sites is 1. The second kappa shape index (κ2) is 10.3. The van der Waals surface area contributed by atoms with E-state index in [1.54, 1.807) is 13.2 Å². The van der Waals surface area contributed by atoms with Crippen molar-refractivity contribution in [3.8, 4) is 23.1 Å². The Kier molecular flexibility index (Phi) is 6.76. The molecule has 0 bridgehead atoms. The van der Waals surface area contributed by atoms with Gasteiger partial charge in [0.15, 0.2) is 0 Å². The van der Waals surface area contributed by atoms with Gasteiger partial charge in [0.2, 0.25) is 5.88 Å². The third-order valence-corrected chi connectivity index (χ3v) is 6.47. The summed E-state index contributed by atoms with van der Waals surface area (Å²) in [6, 6.07) is 25.3. The van der Waals surface area contributed by atoms with Crippen molar-refractivity contribution < 1.29 is 14.3 Å². The largest absolute Gasteiger partial charge is 0.497 e. The molecule has 1 fully saturated rings. The second-order valence-electron chi connectivity index (χ2n) is 9.40. The summed E-state index contributed by atoms with van der Waals surface area (Å²) in [5.41, 5.74) is 4.37. The van der Waals surface area contributed by atoms with Crippen molar-refractivity contribution in [2.45, 2.75) is 33.2 Å². The van der Waals surface area contributed by atoms with Crippen LogP contribution < -0.4 is 9.47 Å². The molecule has 5 rings (SSSR count). The van der Waals surface area contributed by atoms with Crippen molar-refractivity contribution in [2.75, 3.05) is 13.7 Å². The number of hydrogen-bond acceptors (Lipinski definition) is 4. The minimum Gasteiger partial charge on any atom is -0.497 e. The van der Waals surface area contributed by atoms with E-state index < -0.39 is 0 Å². The summed E-state index contributed by atoms with van der Waals surface area (Å²) in [5.74, 6) is 2.55. The van der Waals surface area contributed by atoms with Crippen LogP contribution >= 0.6 is 0 Å². The van der Waals surface area contributed by atoms with Gasteiger partial charge in [0, 0.05) is 12.1 Å². The van der Waals surface area contributed by atoms with Crippen LogP contribution in [0.2, 0.25) is 0 Å². The number of carbonyl (C=O) groups is 1. The first kappa shape index (κ1) is 23.7. The van der Waals surface area contributed by atoms with Crippen LogP contribution in [0.4, 0.5) is 0 Å². The predicted octanol–water partition coefficient (Wildman–Crippen LogP) is 6.34. The zero-order valence-electron chi connectivity index (χ0n) is 21.0. The summed E-state index contributed by atoms with van der Waals surface area (Å²) < 4.78 is 13.7. The fraction of sp³-hybridized carbons (Fsp3) is 0.267. The maximum atomic E-state index is 13.7. The molecule has 0 aliphatic heterocycles. The molecule has 1 aliphatic carbocycles. The Bertz CT molecular complexity index is 1360. The number of methoxy groups -OCH3 is 1. The van der Waals surface area contributed by atoms with E-state index in [0.29, 0.717) is 36.2 Å². The van der Waals surface area contributed by atoms with E-state index >= 15 is 0 Å². The first-order valence-electron chi connectivity index (χ1n) is 12.3. The summed E-state index contributed by atoms with van der Waals surface area (Å²) in [6.45, 7) is 5.13. The van der Waals surface area contributed by atoms with Crippen LogP contribution in [-0.4, -0.2) is 34.2 Å². The van der Waals surface area contributed by atoms with Gasteiger partial charge in [0.05, 0.1) is 30.6 Å². The highest BCUT2D eigenvalue weighted by Crippen LogP contribution is 2.35. The van der Waals surface area contributed by atoms with Gasteiger partial charge < -0.3 is 14.4 Å². The monoisotopic (exact) mass is 481 g/mol. The molecule has 0 radical (unpaired) electrons. The molecule has 4 aromatic rings. The van der Waals surface area contributed by atoms with Crippen LogP contribution in [0.3, 0.4) is 0 Å². The zero-order chi connectivity index (χ0) is 25.1. The van der Waals surface area contributed by atoms with Crippen molar-refractivity contribution >= 4 is 5.91 Å². The summed E-state index contributed by atoms with van der Waals surface area (Å²) >= 11 is 0. The summed E-state index contributed by atoms with van der Waals surface area (Å²) in [6.07, 6.45) is 2.30. The van der Waals surface area contributed by atoms with E-state index in [1.807, 2.05) is 96.2 Å². The predicted molar refractivity (Wildman–Crippen MR) is 140 cm³/mol. The Labute approximate surface area is 212 Å². The Morgan fingerprint density at radius 1 is 0.972 bits per heavy atom. The van der Waals surface area contributed by atoms with Gasteiger partial charge in [-0.2, -0.15) is 5.10 Å². The minimum absolute atomic E-state index is 0.0193. The Balaban J connectivity index is 1.54. The molecule has 0 saturated heterocycles. The maximum absolute atomic E-state index is 13.7. The number of hydrogen-bond donors (Lipinski definition) is 0. The highest BCUT2D eigenvalue weighted by atomic mass is 16.5. The Hall–Kier alpha value is -4.06. The summed E-state index contributed by atoms with van der Waals surface area (Å²) in [5, 5.41) is 4.84. The average molecular weight is 482 g/mol. The lowest BCUT2D eigenvalue weighted by Crippen LogP contribution is -2.32. The van der Waals surface area contributed by atoms with Gasteiger partial charge in [-0.3, -0.25) is 4.79 Å². The van der Waals surface area contributed by atoms with Crippen molar-refractivity contribution in [2.24, 2.45) is 5.92 Å². The van der Waals surface area contributed by atoms with Gasteiger partial charge in [-0.05, 0) is 80.6 Å². The van der Waals surface area contributed by atoms with Gasteiger partial charge in [-0.1, -0.05) is 36.4 Å².